The Morgan fingerprint density at radius 3 is 2.17 bits per heavy atom. The predicted molar refractivity (Wildman–Crippen MR) is 171 cm³/mol. The molecule has 1 aliphatic heterocycles. The number of carboxylic acid groups (broad SMARTS) is 1. The van der Waals surface area contributed by atoms with Crippen LogP contribution in [0.2, 0.25) is 5.02 Å². The lowest BCUT2D eigenvalue weighted by atomic mass is 9.85. The van der Waals surface area contributed by atoms with Gasteiger partial charge < -0.3 is 15.7 Å². The van der Waals surface area contributed by atoms with E-state index in [0.29, 0.717) is 16.7 Å². The lowest BCUT2D eigenvalue weighted by Gasteiger charge is -2.44. The number of aliphatic imine (C=N–C) groups is 1. The second-order valence-electron chi connectivity index (χ2n) is 11.6. The largest absolute Gasteiger partial charge is 0.481 e. The van der Waals surface area contributed by atoms with Crippen molar-refractivity contribution in [3.8, 4) is 11.1 Å². The van der Waals surface area contributed by atoms with E-state index in [0.717, 1.165) is 55.2 Å². The van der Waals surface area contributed by atoms with Crippen molar-refractivity contribution in [1.82, 2.24) is 4.90 Å². The highest BCUT2D eigenvalue weighted by Gasteiger charge is 2.50. The molecule has 1 amide bonds. The monoisotopic (exact) mass is 587 g/mol. The van der Waals surface area contributed by atoms with Crippen LogP contribution in [0.25, 0.3) is 11.1 Å². The van der Waals surface area contributed by atoms with E-state index >= 15 is 0 Å². The van der Waals surface area contributed by atoms with E-state index in [2.05, 4.69) is 67.3 Å². The molecule has 2 aliphatic rings. The predicted octanol–water partition coefficient (Wildman–Crippen LogP) is 7.90. The van der Waals surface area contributed by atoms with Crippen molar-refractivity contribution in [3.63, 3.8) is 0 Å². The van der Waals surface area contributed by atoms with Crippen molar-refractivity contribution in [2.45, 2.75) is 76.9 Å². The van der Waals surface area contributed by atoms with Gasteiger partial charge in [-0.1, -0.05) is 92.5 Å². The first-order valence-corrected chi connectivity index (χ1v) is 15.4. The summed E-state index contributed by atoms with van der Waals surface area (Å²) in [7, 11) is 0. The van der Waals surface area contributed by atoms with Crippen LogP contribution in [0.3, 0.4) is 0 Å². The summed E-state index contributed by atoms with van der Waals surface area (Å²) in [5.41, 5.74) is 9.18. The summed E-state index contributed by atoms with van der Waals surface area (Å²) in [6.07, 6.45) is 7.37. The molecule has 1 spiro atoms. The molecule has 1 atom stereocenters. The van der Waals surface area contributed by atoms with Crippen LogP contribution in [0.4, 0.5) is 0 Å². The molecule has 6 nitrogen and oxygen atoms in total. The Morgan fingerprint density at radius 1 is 0.929 bits per heavy atom. The summed E-state index contributed by atoms with van der Waals surface area (Å²) in [4.78, 5) is 31.3. The number of halogens is 1. The number of carbonyl (C=O) groups is 2. The SMILES string of the molecule is CC(C)CCC(c1ccccc1)N1C(=O)C(c2cccc(-c3cccc(Cl)c3)c2)=NC12CCCCC2.NCCC(=O)O. The summed E-state index contributed by atoms with van der Waals surface area (Å²) in [6, 6.07) is 26.6. The highest BCUT2D eigenvalue weighted by Crippen LogP contribution is 2.46. The molecule has 1 saturated carbocycles. The lowest BCUT2D eigenvalue weighted by Crippen LogP contribution is -2.50. The Hall–Kier alpha value is -3.48. The highest BCUT2D eigenvalue weighted by molar-refractivity contribution is 6.47. The van der Waals surface area contributed by atoms with E-state index in [9.17, 15) is 9.59 Å². The average Bonchev–Trinajstić information content (AvgIpc) is 3.25. The fourth-order valence-corrected chi connectivity index (χ4v) is 6.14. The summed E-state index contributed by atoms with van der Waals surface area (Å²) in [5.74, 6) is -0.193. The van der Waals surface area contributed by atoms with Crippen LogP contribution in [-0.4, -0.2) is 39.8 Å². The number of amides is 1. The van der Waals surface area contributed by atoms with Crippen LogP contribution in [0.1, 0.15) is 82.4 Å². The lowest BCUT2D eigenvalue weighted by molar-refractivity contribution is -0.136. The van der Waals surface area contributed by atoms with Gasteiger partial charge in [-0.05, 0) is 79.3 Å². The van der Waals surface area contributed by atoms with E-state index in [-0.39, 0.29) is 24.9 Å². The van der Waals surface area contributed by atoms with Crippen molar-refractivity contribution >= 4 is 29.2 Å². The van der Waals surface area contributed by atoms with Gasteiger partial charge in [-0.3, -0.25) is 14.6 Å². The zero-order chi connectivity index (χ0) is 30.1. The van der Waals surface area contributed by atoms with Crippen molar-refractivity contribution in [2.24, 2.45) is 16.6 Å². The van der Waals surface area contributed by atoms with E-state index < -0.39 is 11.6 Å². The maximum atomic E-state index is 14.3. The number of rotatable bonds is 9. The fraction of sp³-hybridized carbons (Fsp3) is 0.400. The Bertz CT molecular complexity index is 1380. The Kier molecular flexibility index (Phi) is 10.9. The van der Waals surface area contributed by atoms with Gasteiger partial charge in [0.15, 0.2) is 0 Å². The number of nitrogens with zero attached hydrogens (tertiary/aromatic N) is 2. The van der Waals surface area contributed by atoms with Crippen molar-refractivity contribution < 1.29 is 14.7 Å². The van der Waals surface area contributed by atoms with Gasteiger partial charge in [0.1, 0.15) is 11.4 Å². The zero-order valence-electron chi connectivity index (χ0n) is 24.6. The quantitative estimate of drug-likeness (QED) is 0.266. The Morgan fingerprint density at radius 2 is 1.57 bits per heavy atom. The van der Waals surface area contributed by atoms with E-state index in [4.69, 9.17) is 27.4 Å². The molecule has 1 fully saturated rings. The minimum Gasteiger partial charge on any atom is -0.481 e. The molecule has 3 aromatic carbocycles. The summed E-state index contributed by atoms with van der Waals surface area (Å²) < 4.78 is 0. The van der Waals surface area contributed by atoms with Gasteiger partial charge in [0.2, 0.25) is 0 Å². The molecule has 5 rings (SSSR count). The second kappa shape index (κ2) is 14.6. The molecule has 1 heterocycles. The molecule has 1 aliphatic carbocycles. The van der Waals surface area contributed by atoms with Crippen LogP contribution in [0.5, 0.6) is 0 Å². The number of hydrogen-bond acceptors (Lipinski definition) is 4. The normalized spacial score (nSPS) is 16.6. The van der Waals surface area contributed by atoms with Crippen molar-refractivity contribution in [3.05, 3.63) is 95.0 Å². The molecule has 222 valence electrons. The van der Waals surface area contributed by atoms with Crippen LogP contribution in [0.15, 0.2) is 83.9 Å². The number of carboxylic acids is 1. The Labute approximate surface area is 254 Å². The van der Waals surface area contributed by atoms with Gasteiger partial charge in [0.05, 0.1) is 12.5 Å². The van der Waals surface area contributed by atoms with Crippen molar-refractivity contribution in [2.75, 3.05) is 6.54 Å². The fourth-order valence-electron chi connectivity index (χ4n) is 5.95. The number of benzene rings is 3. The van der Waals surface area contributed by atoms with Crippen LogP contribution >= 0.6 is 11.6 Å². The maximum absolute atomic E-state index is 14.3. The van der Waals surface area contributed by atoms with Gasteiger partial charge in [0.25, 0.3) is 5.91 Å². The second-order valence-corrected chi connectivity index (χ2v) is 12.0. The van der Waals surface area contributed by atoms with Gasteiger partial charge in [-0.15, -0.1) is 0 Å². The third kappa shape index (κ3) is 7.67. The van der Waals surface area contributed by atoms with Crippen LogP contribution in [-0.2, 0) is 9.59 Å². The minimum absolute atomic E-state index is 0.0246. The summed E-state index contributed by atoms with van der Waals surface area (Å²) in [5, 5.41) is 8.54. The third-order valence-electron chi connectivity index (χ3n) is 8.01. The van der Waals surface area contributed by atoms with E-state index in [1.807, 2.05) is 30.3 Å². The number of nitrogens with two attached hydrogens (primary N) is 1. The van der Waals surface area contributed by atoms with Gasteiger partial charge in [0, 0.05) is 17.1 Å². The zero-order valence-corrected chi connectivity index (χ0v) is 25.4. The van der Waals surface area contributed by atoms with Gasteiger partial charge in [-0.2, -0.15) is 0 Å². The smallest absolute Gasteiger partial charge is 0.304 e. The van der Waals surface area contributed by atoms with E-state index in [1.54, 1.807) is 0 Å². The first-order valence-electron chi connectivity index (χ1n) is 15.0. The molecule has 1 unspecified atom stereocenters. The molecule has 7 heteroatoms. The molecular weight excluding hydrogens is 546 g/mol. The first kappa shape index (κ1) is 31.5. The standard InChI is InChI=1S/C32H35ClN2O.C3H7NO2/c1-23(2)17-18-29(24-11-5-3-6-12-24)35-31(36)30(34-32(35)19-7-4-8-20-32)27-15-9-13-25(21-27)26-14-10-16-28(33)22-26;4-2-1-3(5)6/h3,5-6,9-16,21-23,29H,4,7-8,17-20H2,1-2H3;1-2,4H2,(H,5,6). The minimum atomic E-state index is -0.836. The van der Waals surface area contributed by atoms with Gasteiger partial charge in [-0.25, -0.2) is 0 Å². The van der Waals surface area contributed by atoms with Crippen LogP contribution in [0, 0.1) is 5.92 Å². The molecule has 3 aromatic rings. The van der Waals surface area contributed by atoms with Crippen molar-refractivity contribution in [1.29, 1.82) is 0 Å². The number of aliphatic carboxylic acids is 1. The van der Waals surface area contributed by atoms with Gasteiger partial charge >= 0.3 is 5.97 Å². The maximum Gasteiger partial charge on any atom is 0.304 e. The molecular formula is C35H42ClN3O3. The van der Waals surface area contributed by atoms with E-state index in [1.165, 1.54) is 12.0 Å². The first-order chi connectivity index (χ1) is 20.2. The molecule has 42 heavy (non-hydrogen) atoms. The molecule has 0 radical (unpaired) electrons. The Balaban J connectivity index is 0.000000612. The molecule has 0 bridgehead atoms. The highest BCUT2D eigenvalue weighted by atomic mass is 35.5. The average molecular weight is 588 g/mol. The molecule has 3 N–H and O–H groups in total. The third-order valence-corrected chi connectivity index (χ3v) is 8.24. The summed E-state index contributed by atoms with van der Waals surface area (Å²) in [6.45, 7) is 4.75. The topological polar surface area (TPSA) is 96.0 Å². The molecule has 0 saturated heterocycles. The number of carbonyl (C=O) groups excluding carboxylic acids is 1. The van der Waals surface area contributed by atoms with Crippen LogP contribution < -0.4 is 5.73 Å². The molecule has 0 aromatic heterocycles. The number of hydrogen-bond donors (Lipinski definition) is 2. The summed E-state index contributed by atoms with van der Waals surface area (Å²) >= 11 is 6.26.